The van der Waals surface area contributed by atoms with E-state index in [1.807, 2.05) is 41.6 Å². The molecule has 9 heteroatoms. The van der Waals surface area contributed by atoms with Crippen LogP contribution in [0.4, 0.5) is 0 Å². The van der Waals surface area contributed by atoms with Gasteiger partial charge in [-0.15, -0.1) is 10.0 Å². The van der Waals surface area contributed by atoms with Crippen LogP contribution < -0.4 is 0 Å². The Morgan fingerprint density at radius 2 is 1.80 bits per heavy atom. The predicted octanol–water partition coefficient (Wildman–Crippen LogP) is 5.41. The standard InChI is InChI=1S/C25H24N4O3.C7H15NO/c30-16-29-11-7-18(8-12-29)24-15-21(13-17-5-9-26-10-6-17)25(32-24)20-1-3-22-19(14-20)2-4-23(22)27-28-31;1-2-3-8-4-6-9-7-5-8/h1,3,5-6,9-10,14-16,18H,2,4,7-8,11-13H2;2-7H2,1H3/b27-23-;. The zero-order valence-corrected chi connectivity index (χ0v) is 23.8. The van der Waals surface area contributed by atoms with E-state index < -0.39 is 0 Å². The minimum absolute atomic E-state index is 0.308. The van der Waals surface area contributed by atoms with Crippen LogP contribution in [0.1, 0.15) is 66.5 Å². The van der Waals surface area contributed by atoms with E-state index in [1.54, 1.807) is 0 Å². The first-order valence-electron chi connectivity index (χ1n) is 14.7. The lowest BCUT2D eigenvalue weighted by molar-refractivity contribution is -0.119. The lowest BCUT2D eigenvalue weighted by Gasteiger charge is -2.27. The number of carbonyl (C=O) groups is 1. The molecule has 41 heavy (non-hydrogen) atoms. The van der Waals surface area contributed by atoms with E-state index in [0.29, 0.717) is 5.92 Å². The molecule has 0 bridgehead atoms. The van der Waals surface area contributed by atoms with Crippen molar-refractivity contribution in [2.45, 2.75) is 51.4 Å². The molecule has 2 saturated heterocycles. The second-order valence-corrected chi connectivity index (χ2v) is 10.9. The molecule has 4 heterocycles. The van der Waals surface area contributed by atoms with Gasteiger partial charge in [-0.1, -0.05) is 19.1 Å². The van der Waals surface area contributed by atoms with Crippen LogP contribution in [0.25, 0.3) is 11.3 Å². The van der Waals surface area contributed by atoms with Crippen molar-refractivity contribution in [2.24, 2.45) is 10.4 Å². The van der Waals surface area contributed by atoms with Gasteiger partial charge in [0.25, 0.3) is 0 Å². The number of morpholine rings is 1. The van der Waals surface area contributed by atoms with Crippen LogP contribution in [0.15, 0.2) is 63.6 Å². The third-order valence-electron chi connectivity index (χ3n) is 8.17. The van der Waals surface area contributed by atoms with Crippen LogP contribution in [0.3, 0.4) is 0 Å². The lowest BCUT2D eigenvalue weighted by atomic mass is 9.93. The topological polar surface area (TPSA) is 101 Å². The number of pyridine rings is 1. The Kier molecular flexibility index (Phi) is 10.0. The first-order chi connectivity index (χ1) is 20.2. The Hall–Kier alpha value is -3.69. The minimum atomic E-state index is 0.308. The van der Waals surface area contributed by atoms with E-state index in [4.69, 9.17) is 9.15 Å². The summed E-state index contributed by atoms with van der Waals surface area (Å²) in [6.07, 6.45) is 9.95. The molecule has 2 aliphatic heterocycles. The minimum Gasteiger partial charge on any atom is -0.460 e. The van der Waals surface area contributed by atoms with Crippen molar-refractivity contribution in [3.63, 3.8) is 0 Å². The molecule has 0 N–H and O–H groups in total. The van der Waals surface area contributed by atoms with Crippen LogP contribution >= 0.6 is 0 Å². The molecule has 1 aromatic carbocycles. The molecule has 0 saturated carbocycles. The van der Waals surface area contributed by atoms with Crippen molar-refractivity contribution < 1.29 is 13.9 Å². The largest absolute Gasteiger partial charge is 0.460 e. The van der Waals surface area contributed by atoms with Gasteiger partial charge in [-0.25, -0.2) is 0 Å². The Morgan fingerprint density at radius 1 is 1.02 bits per heavy atom. The number of hydrogen-bond donors (Lipinski definition) is 0. The number of hydrogen-bond acceptors (Lipinski definition) is 7. The number of rotatable bonds is 8. The molecule has 0 unspecified atom stereocenters. The normalized spacial score (nSPS) is 18.6. The SMILES string of the molecule is CCCN1CCOCC1.O=CN1CCC(c2cc(Cc3ccncc3)c(-c3ccc4c(c3)CC/C4=N/N=O)o2)CC1. The van der Waals surface area contributed by atoms with Crippen molar-refractivity contribution in [1.82, 2.24) is 14.8 Å². The summed E-state index contributed by atoms with van der Waals surface area (Å²) in [7, 11) is 0. The van der Waals surface area contributed by atoms with Gasteiger partial charge in [0, 0.05) is 67.6 Å². The van der Waals surface area contributed by atoms with E-state index in [9.17, 15) is 9.70 Å². The van der Waals surface area contributed by atoms with Gasteiger partial charge >= 0.3 is 0 Å². The molecule has 0 spiro atoms. The molecule has 2 aromatic heterocycles. The van der Waals surface area contributed by atoms with Crippen molar-refractivity contribution in [2.75, 3.05) is 45.9 Å². The fraction of sp³-hybridized carbons (Fsp3) is 0.469. The average Bonchev–Trinajstić information content (AvgIpc) is 3.63. The molecule has 0 radical (unpaired) electrons. The monoisotopic (exact) mass is 557 g/mol. The molecule has 1 amide bonds. The van der Waals surface area contributed by atoms with E-state index in [0.717, 1.165) is 117 Å². The number of ether oxygens (including phenoxy) is 1. The molecule has 3 aliphatic rings. The maximum Gasteiger partial charge on any atom is 0.209 e. The average molecular weight is 558 g/mol. The van der Waals surface area contributed by atoms with Gasteiger partial charge in [-0.05, 0) is 74.0 Å². The van der Waals surface area contributed by atoms with Gasteiger partial charge in [-0.2, -0.15) is 0 Å². The summed E-state index contributed by atoms with van der Waals surface area (Å²) in [6, 6.07) is 12.4. The van der Waals surface area contributed by atoms with Crippen molar-refractivity contribution >= 4 is 12.1 Å². The van der Waals surface area contributed by atoms with Crippen LogP contribution in [0, 0.1) is 4.91 Å². The van der Waals surface area contributed by atoms with Gasteiger partial charge in [-0.3, -0.25) is 14.7 Å². The Bertz CT molecular complexity index is 1320. The molecular formula is C32H39N5O4. The van der Waals surface area contributed by atoms with Crippen LogP contribution in [0.2, 0.25) is 0 Å². The number of likely N-dealkylation sites (tertiary alicyclic amines) is 1. The maximum absolute atomic E-state index is 11.1. The summed E-state index contributed by atoms with van der Waals surface area (Å²) in [5.41, 5.74) is 6.27. The number of furan rings is 1. The molecule has 216 valence electrons. The number of aryl methyl sites for hydroxylation is 1. The molecular weight excluding hydrogens is 518 g/mol. The zero-order chi connectivity index (χ0) is 28.4. The van der Waals surface area contributed by atoms with Crippen LogP contribution in [-0.4, -0.2) is 72.8 Å². The molecule has 6 rings (SSSR count). The van der Waals surface area contributed by atoms with Gasteiger partial charge in [0.15, 0.2) is 0 Å². The summed E-state index contributed by atoms with van der Waals surface area (Å²) >= 11 is 0. The number of fused-ring (bicyclic) bond motifs is 1. The van der Waals surface area contributed by atoms with E-state index >= 15 is 0 Å². The molecule has 0 atom stereocenters. The van der Waals surface area contributed by atoms with E-state index in [1.165, 1.54) is 18.5 Å². The van der Waals surface area contributed by atoms with Crippen LogP contribution in [0.5, 0.6) is 0 Å². The number of carbonyl (C=O) groups excluding carboxylic acids is 1. The van der Waals surface area contributed by atoms with Gasteiger partial charge in [0.05, 0.1) is 24.2 Å². The van der Waals surface area contributed by atoms with Gasteiger partial charge in [0.1, 0.15) is 11.5 Å². The number of benzene rings is 1. The van der Waals surface area contributed by atoms with Gasteiger partial charge in [0.2, 0.25) is 6.41 Å². The quantitative estimate of drug-likeness (QED) is 0.208. The first kappa shape index (κ1) is 28.8. The van der Waals surface area contributed by atoms with E-state index in [-0.39, 0.29) is 0 Å². The number of amides is 1. The number of piperidine rings is 1. The highest BCUT2D eigenvalue weighted by Gasteiger charge is 2.26. The zero-order valence-electron chi connectivity index (χ0n) is 23.8. The second kappa shape index (κ2) is 14.3. The lowest BCUT2D eigenvalue weighted by Crippen LogP contribution is -2.36. The second-order valence-electron chi connectivity index (χ2n) is 10.9. The Labute approximate surface area is 241 Å². The van der Waals surface area contributed by atoms with Gasteiger partial charge < -0.3 is 14.1 Å². The van der Waals surface area contributed by atoms with E-state index in [2.05, 4.69) is 39.3 Å². The summed E-state index contributed by atoms with van der Waals surface area (Å²) < 4.78 is 11.7. The maximum atomic E-state index is 11.1. The highest BCUT2D eigenvalue weighted by atomic mass is 16.5. The van der Waals surface area contributed by atoms with Crippen molar-refractivity contribution in [3.8, 4) is 11.3 Å². The molecule has 9 nitrogen and oxygen atoms in total. The smallest absolute Gasteiger partial charge is 0.209 e. The molecule has 1 aliphatic carbocycles. The third kappa shape index (κ3) is 7.34. The Balaban J connectivity index is 0.000000321. The fourth-order valence-corrected chi connectivity index (χ4v) is 5.94. The number of nitroso groups, excluding NO2 is 1. The summed E-state index contributed by atoms with van der Waals surface area (Å²) in [6.45, 7) is 9.10. The van der Waals surface area contributed by atoms with Crippen molar-refractivity contribution in [3.05, 3.63) is 81.7 Å². The highest BCUT2D eigenvalue weighted by molar-refractivity contribution is 6.04. The highest BCUT2D eigenvalue weighted by Crippen LogP contribution is 2.37. The summed E-state index contributed by atoms with van der Waals surface area (Å²) in [5, 5.41) is 6.46. The van der Waals surface area contributed by atoms with Crippen molar-refractivity contribution in [1.29, 1.82) is 0 Å². The summed E-state index contributed by atoms with van der Waals surface area (Å²) in [4.78, 5) is 30.1. The predicted molar refractivity (Wildman–Crippen MR) is 159 cm³/mol. The van der Waals surface area contributed by atoms with Crippen LogP contribution in [-0.2, 0) is 22.4 Å². The molecule has 2 fully saturated rings. The number of nitrogens with zero attached hydrogens (tertiary/aromatic N) is 5. The molecule has 3 aromatic rings. The first-order valence-corrected chi connectivity index (χ1v) is 14.7. The number of aromatic nitrogens is 1. The fourth-order valence-electron chi connectivity index (χ4n) is 5.94. The Morgan fingerprint density at radius 3 is 2.51 bits per heavy atom. The third-order valence-corrected chi connectivity index (χ3v) is 8.17. The summed E-state index contributed by atoms with van der Waals surface area (Å²) in [5.74, 6) is 2.18.